The van der Waals surface area contributed by atoms with Crippen LogP contribution in [0.4, 0.5) is 0 Å². The van der Waals surface area contributed by atoms with Gasteiger partial charge in [-0.3, -0.25) is 0 Å². The first-order valence-electron chi connectivity index (χ1n) is 3.55. The third-order valence-electron chi connectivity index (χ3n) is 1.06. The summed E-state index contributed by atoms with van der Waals surface area (Å²) in [7, 11) is 0. The predicted molar refractivity (Wildman–Crippen MR) is 50.0 cm³/mol. The summed E-state index contributed by atoms with van der Waals surface area (Å²) in [5.74, 6) is 0.664. The van der Waals surface area contributed by atoms with Gasteiger partial charge < -0.3 is 0 Å². The van der Waals surface area contributed by atoms with Crippen molar-refractivity contribution in [2.45, 2.75) is 20.3 Å². The Morgan fingerprint density at radius 2 is 1.90 bits per heavy atom. The van der Waals surface area contributed by atoms with Crippen LogP contribution in [0.15, 0.2) is 38.0 Å². The molecule has 0 amide bonds. The highest BCUT2D eigenvalue weighted by molar-refractivity contribution is 4.86. The summed E-state index contributed by atoms with van der Waals surface area (Å²) in [5, 5.41) is 0. The highest BCUT2D eigenvalue weighted by Gasteiger charge is 1.88. The maximum atomic E-state index is 3.65. The molecule has 1 unspecified atom stereocenters. The number of hydrogen-bond acceptors (Lipinski definition) is 0. The van der Waals surface area contributed by atoms with Crippen LogP contribution < -0.4 is 0 Å². The zero-order valence-electron chi connectivity index (χ0n) is 7.14. The first-order valence-corrected chi connectivity index (χ1v) is 3.55. The first-order chi connectivity index (χ1) is 4.81. The fourth-order valence-corrected chi connectivity index (χ4v) is 0.670. The quantitative estimate of drug-likeness (QED) is 0.523. The van der Waals surface area contributed by atoms with E-state index in [4.69, 9.17) is 0 Å². The molecule has 0 radical (unpaired) electrons. The Bertz CT molecular complexity index is 90.2. The summed E-state index contributed by atoms with van der Waals surface area (Å²) in [4.78, 5) is 0. The summed E-state index contributed by atoms with van der Waals surface area (Å²) >= 11 is 0. The lowest BCUT2D eigenvalue weighted by Gasteiger charge is -1.97. The maximum Gasteiger partial charge on any atom is -0.0228 e. The van der Waals surface area contributed by atoms with Crippen LogP contribution in [-0.2, 0) is 0 Å². The molecule has 0 fully saturated rings. The van der Waals surface area contributed by atoms with Gasteiger partial charge in [0.25, 0.3) is 0 Å². The molecule has 0 aromatic carbocycles. The molecule has 0 aliphatic rings. The van der Waals surface area contributed by atoms with Crippen molar-refractivity contribution in [3.63, 3.8) is 0 Å². The van der Waals surface area contributed by atoms with E-state index in [-0.39, 0.29) is 0 Å². The van der Waals surface area contributed by atoms with Crippen LogP contribution in [0, 0.1) is 5.92 Å². The molecule has 0 saturated carbocycles. The maximum absolute atomic E-state index is 3.65. The Balaban J connectivity index is 0. The molecule has 0 aromatic heterocycles. The van der Waals surface area contributed by atoms with E-state index >= 15 is 0 Å². The minimum atomic E-state index is 0.664. The molecule has 0 spiro atoms. The molecule has 0 rings (SSSR count). The van der Waals surface area contributed by atoms with Crippen LogP contribution in [0.3, 0.4) is 0 Å². The average Bonchev–Trinajstić information content (AvgIpc) is 1.93. The van der Waals surface area contributed by atoms with Crippen LogP contribution in [-0.4, -0.2) is 0 Å². The Hall–Kier alpha value is -0.780. The van der Waals surface area contributed by atoms with Gasteiger partial charge in [-0.15, -0.1) is 19.7 Å². The van der Waals surface area contributed by atoms with E-state index in [1.807, 2.05) is 13.0 Å². The van der Waals surface area contributed by atoms with Crippen LogP contribution in [0.2, 0.25) is 0 Å². The van der Waals surface area contributed by atoms with Crippen molar-refractivity contribution in [2.75, 3.05) is 0 Å². The Morgan fingerprint density at radius 1 is 1.40 bits per heavy atom. The van der Waals surface area contributed by atoms with Crippen LogP contribution in [0.1, 0.15) is 20.3 Å². The van der Waals surface area contributed by atoms with Crippen molar-refractivity contribution in [3.8, 4) is 0 Å². The number of rotatable bonds is 3. The molecule has 0 saturated heterocycles. The molecule has 58 valence electrons. The smallest absolute Gasteiger partial charge is 0.0228 e. The molecule has 0 aromatic rings. The first kappa shape index (κ1) is 12.0. The van der Waals surface area contributed by atoms with E-state index < -0.39 is 0 Å². The standard InChI is InChI=1S/C8H14.C2H4/c1-4-6-8(3)7-5-2;1-2/h4-5,7-8H,1,6H2,2-3H3;1-2H2/b7-5-;. The lowest BCUT2D eigenvalue weighted by molar-refractivity contribution is 0.744. The average molecular weight is 138 g/mol. The summed E-state index contributed by atoms with van der Waals surface area (Å²) in [6.07, 6.45) is 7.30. The SMILES string of the molecule is C=C.C=CCC(C)/C=C\C. The van der Waals surface area contributed by atoms with Gasteiger partial charge in [-0.1, -0.05) is 25.2 Å². The molecule has 0 N–H and O–H groups in total. The second-order valence-corrected chi connectivity index (χ2v) is 2.03. The van der Waals surface area contributed by atoms with Crippen molar-refractivity contribution in [2.24, 2.45) is 5.92 Å². The zero-order chi connectivity index (χ0) is 8.41. The fourth-order valence-electron chi connectivity index (χ4n) is 0.670. The van der Waals surface area contributed by atoms with E-state index in [2.05, 4.69) is 38.8 Å². The van der Waals surface area contributed by atoms with Crippen LogP contribution >= 0.6 is 0 Å². The Kier molecular flexibility index (Phi) is 13.2. The van der Waals surface area contributed by atoms with E-state index in [1.54, 1.807) is 0 Å². The van der Waals surface area contributed by atoms with Crippen LogP contribution in [0.5, 0.6) is 0 Å². The summed E-state index contributed by atoms with van der Waals surface area (Å²) < 4.78 is 0. The van der Waals surface area contributed by atoms with Gasteiger partial charge in [-0.25, -0.2) is 0 Å². The molecule has 10 heavy (non-hydrogen) atoms. The van der Waals surface area contributed by atoms with E-state index in [9.17, 15) is 0 Å². The van der Waals surface area contributed by atoms with E-state index in [1.165, 1.54) is 0 Å². The normalized spacial score (nSPS) is 11.8. The molecule has 0 heteroatoms. The third kappa shape index (κ3) is 10.3. The topological polar surface area (TPSA) is 0 Å². The lowest BCUT2D eigenvalue weighted by atomic mass is 10.1. The van der Waals surface area contributed by atoms with Crippen LogP contribution in [0.25, 0.3) is 0 Å². The van der Waals surface area contributed by atoms with Crippen molar-refractivity contribution in [3.05, 3.63) is 38.0 Å². The van der Waals surface area contributed by atoms with Crippen molar-refractivity contribution in [1.82, 2.24) is 0 Å². The summed E-state index contributed by atoms with van der Waals surface area (Å²) in [6.45, 7) is 13.9. The third-order valence-corrected chi connectivity index (χ3v) is 1.06. The highest BCUT2D eigenvalue weighted by atomic mass is 13.9. The second kappa shape index (κ2) is 11.1. The number of hydrogen-bond donors (Lipinski definition) is 0. The second-order valence-electron chi connectivity index (χ2n) is 2.03. The fraction of sp³-hybridized carbons (Fsp3) is 0.400. The van der Waals surface area contributed by atoms with E-state index in [0.717, 1.165) is 6.42 Å². The molecule has 0 bridgehead atoms. The largest absolute Gasteiger partial charge is 0.106 e. The molecular formula is C10H18. The molecule has 0 aliphatic heterocycles. The van der Waals surface area contributed by atoms with Gasteiger partial charge in [0, 0.05) is 0 Å². The summed E-state index contributed by atoms with van der Waals surface area (Å²) in [6, 6.07) is 0. The highest BCUT2D eigenvalue weighted by Crippen LogP contribution is 2.02. The van der Waals surface area contributed by atoms with Gasteiger partial charge in [0.05, 0.1) is 0 Å². The Labute approximate surface area is 65.0 Å². The molecule has 1 atom stereocenters. The lowest BCUT2D eigenvalue weighted by Crippen LogP contribution is -1.83. The van der Waals surface area contributed by atoms with Gasteiger partial charge in [0.1, 0.15) is 0 Å². The van der Waals surface area contributed by atoms with Gasteiger partial charge in [-0.2, -0.15) is 0 Å². The minimum absolute atomic E-state index is 0.664. The predicted octanol–water partition coefficient (Wildman–Crippen LogP) is 3.58. The number of allylic oxidation sites excluding steroid dienone is 3. The molecule has 0 heterocycles. The van der Waals surface area contributed by atoms with Crippen molar-refractivity contribution in [1.29, 1.82) is 0 Å². The van der Waals surface area contributed by atoms with E-state index in [0.29, 0.717) is 5.92 Å². The summed E-state index contributed by atoms with van der Waals surface area (Å²) in [5.41, 5.74) is 0. The minimum Gasteiger partial charge on any atom is -0.106 e. The molecule has 0 nitrogen and oxygen atoms in total. The molecular weight excluding hydrogens is 120 g/mol. The zero-order valence-corrected chi connectivity index (χ0v) is 7.14. The van der Waals surface area contributed by atoms with Crippen molar-refractivity contribution < 1.29 is 0 Å². The molecule has 0 aliphatic carbocycles. The van der Waals surface area contributed by atoms with Crippen molar-refractivity contribution >= 4 is 0 Å². The van der Waals surface area contributed by atoms with Gasteiger partial charge in [0.15, 0.2) is 0 Å². The van der Waals surface area contributed by atoms with Gasteiger partial charge in [0.2, 0.25) is 0 Å². The van der Waals surface area contributed by atoms with Gasteiger partial charge >= 0.3 is 0 Å². The Morgan fingerprint density at radius 3 is 2.20 bits per heavy atom. The monoisotopic (exact) mass is 138 g/mol. The van der Waals surface area contributed by atoms with Gasteiger partial charge in [-0.05, 0) is 19.3 Å².